The van der Waals surface area contributed by atoms with E-state index in [4.69, 9.17) is 0 Å². The molecule has 0 saturated carbocycles. The molecule has 0 aliphatic rings. The van der Waals surface area contributed by atoms with E-state index in [-0.39, 0.29) is 17.4 Å². The molecular weight excluding hydrogens is 454 g/mol. The minimum atomic E-state index is -3.60. The number of anilines is 2. The largest absolute Gasteiger partial charge is 0.396 e. The van der Waals surface area contributed by atoms with Crippen molar-refractivity contribution >= 4 is 39.7 Å². The van der Waals surface area contributed by atoms with Gasteiger partial charge in [0.25, 0.3) is 0 Å². The SMILES string of the molecule is C=C(c1nc(Nc2ccc(S(=O)(=O)NCCc3ccccc3)cc2)ccc1S)[C@H](CC)CO. The van der Waals surface area contributed by atoms with Crippen LogP contribution in [-0.2, 0) is 16.4 Å². The van der Waals surface area contributed by atoms with E-state index in [0.29, 0.717) is 35.1 Å². The molecule has 0 radical (unpaired) electrons. The number of aliphatic hydroxyl groups is 1. The molecule has 0 bridgehead atoms. The fourth-order valence-electron chi connectivity index (χ4n) is 3.36. The van der Waals surface area contributed by atoms with Gasteiger partial charge in [0.05, 0.1) is 10.6 Å². The molecule has 3 rings (SSSR count). The minimum absolute atomic E-state index is 0.00277. The van der Waals surface area contributed by atoms with E-state index in [1.54, 1.807) is 30.3 Å². The van der Waals surface area contributed by atoms with Gasteiger partial charge in [0, 0.05) is 29.7 Å². The summed E-state index contributed by atoms with van der Waals surface area (Å²) in [6, 6.07) is 19.8. The van der Waals surface area contributed by atoms with Crippen LogP contribution in [-0.4, -0.2) is 31.7 Å². The predicted molar refractivity (Wildman–Crippen MR) is 136 cm³/mol. The van der Waals surface area contributed by atoms with Gasteiger partial charge in [0.2, 0.25) is 10.0 Å². The van der Waals surface area contributed by atoms with Gasteiger partial charge in [-0.05, 0) is 60.4 Å². The number of nitrogens with one attached hydrogen (secondary N) is 2. The first-order chi connectivity index (χ1) is 15.8. The highest BCUT2D eigenvalue weighted by Gasteiger charge is 2.16. The molecule has 174 valence electrons. The standard InChI is InChI=1S/C25H29N3O3S2/c1-3-20(17-29)18(2)25-23(32)13-14-24(28-25)27-21-9-11-22(12-10-21)33(30,31)26-16-15-19-7-5-4-6-8-19/h4-14,20,26,29,32H,2-3,15-17H2,1H3,(H,27,28)/t20-/m1/s1. The van der Waals surface area contributed by atoms with Gasteiger partial charge in [-0.25, -0.2) is 18.1 Å². The Balaban J connectivity index is 1.66. The number of hydrogen-bond acceptors (Lipinski definition) is 6. The van der Waals surface area contributed by atoms with Crippen molar-refractivity contribution in [1.29, 1.82) is 0 Å². The van der Waals surface area contributed by atoms with Crippen LogP contribution in [0.25, 0.3) is 5.57 Å². The Bertz CT molecular complexity index is 1180. The second-order valence-corrected chi connectivity index (χ2v) is 9.91. The van der Waals surface area contributed by atoms with Crippen LogP contribution in [0.4, 0.5) is 11.5 Å². The Hall–Kier alpha value is -2.65. The van der Waals surface area contributed by atoms with Crippen LogP contribution in [0.2, 0.25) is 0 Å². The molecule has 8 heteroatoms. The van der Waals surface area contributed by atoms with Gasteiger partial charge in [-0.2, -0.15) is 0 Å². The number of pyridine rings is 1. The van der Waals surface area contributed by atoms with Gasteiger partial charge < -0.3 is 10.4 Å². The van der Waals surface area contributed by atoms with Crippen LogP contribution in [0, 0.1) is 5.92 Å². The zero-order valence-electron chi connectivity index (χ0n) is 18.5. The summed E-state index contributed by atoms with van der Waals surface area (Å²) in [5, 5.41) is 12.8. The molecule has 1 heterocycles. The van der Waals surface area contributed by atoms with E-state index in [2.05, 4.69) is 34.2 Å². The summed E-state index contributed by atoms with van der Waals surface area (Å²) in [4.78, 5) is 5.47. The lowest BCUT2D eigenvalue weighted by Gasteiger charge is -2.17. The van der Waals surface area contributed by atoms with Crippen molar-refractivity contribution in [3.8, 4) is 0 Å². The third kappa shape index (κ3) is 6.68. The third-order valence-electron chi connectivity index (χ3n) is 5.37. The molecule has 2 aromatic carbocycles. The Morgan fingerprint density at radius 2 is 1.79 bits per heavy atom. The third-order valence-corrected chi connectivity index (χ3v) is 7.21. The monoisotopic (exact) mass is 483 g/mol. The number of aliphatic hydroxyl groups excluding tert-OH is 1. The van der Waals surface area contributed by atoms with Crippen LogP contribution in [0.5, 0.6) is 0 Å². The molecule has 0 unspecified atom stereocenters. The Morgan fingerprint density at radius 3 is 2.42 bits per heavy atom. The van der Waals surface area contributed by atoms with Crippen LogP contribution >= 0.6 is 12.6 Å². The number of thiol groups is 1. The van der Waals surface area contributed by atoms with Gasteiger partial charge in [0.15, 0.2) is 0 Å². The lowest BCUT2D eigenvalue weighted by molar-refractivity contribution is 0.254. The Labute approximate surface area is 201 Å². The van der Waals surface area contributed by atoms with Crippen molar-refractivity contribution in [3.63, 3.8) is 0 Å². The van der Waals surface area contributed by atoms with Crippen molar-refractivity contribution < 1.29 is 13.5 Å². The van der Waals surface area contributed by atoms with Gasteiger partial charge >= 0.3 is 0 Å². The molecule has 3 aromatic rings. The summed E-state index contributed by atoms with van der Waals surface area (Å²) in [6.45, 7) is 6.39. The second-order valence-electron chi connectivity index (χ2n) is 7.66. The molecule has 3 N–H and O–H groups in total. The smallest absolute Gasteiger partial charge is 0.240 e. The quantitative estimate of drug-likeness (QED) is 0.298. The minimum Gasteiger partial charge on any atom is -0.396 e. The highest BCUT2D eigenvalue weighted by molar-refractivity contribution is 7.89. The maximum absolute atomic E-state index is 12.6. The number of nitrogens with zero attached hydrogens (tertiary/aromatic N) is 1. The molecule has 33 heavy (non-hydrogen) atoms. The van der Waals surface area contributed by atoms with Gasteiger partial charge in [-0.3, -0.25) is 0 Å². The molecule has 0 saturated heterocycles. The van der Waals surface area contributed by atoms with Gasteiger partial charge in [-0.1, -0.05) is 43.8 Å². The summed E-state index contributed by atoms with van der Waals surface area (Å²) in [5.74, 6) is 0.492. The molecular formula is C25H29N3O3S2. The topological polar surface area (TPSA) is 91.3 Å². The van der Waals surface area contributed by atoms with Crippen molar-refractivity contribution in [3.05, 3.63) is 84.6 Å². The molecule has 0 fully saturated rings. The normalized spacial score (nSPS) is 12.3. The molecule has 0 amide bonds. The zero-order valence-corrected chi connectivity index (χ0v) is 20.2. The van der Waals surface area contributed by atoms with Crippen molar-refractivity contribution in [2.24, 2.45) is 5.92 Å². The van der Waals surface area contributed by atoms with Gasteiger partial charge in [-0.15, -0.1) is 12.6 Å². The summed E-state index contributed by atoms with van der Waals surface area (Å²) in [6.07, 6.45) is 1.37. The maximum Gasteiger partial charge on any atom is 0.240 e. The van der Waals surface area contributed by atoms with Crippen LogP contribution < -0.4 is 10.0 Å². The first-order valence-electron chi connectivity index (χ1n) is 10.7. The van der Waals surface area contributed by atoms with Crippen molar-refractivity contribution in [2.75, 3.05) is 18.5 Å². The fourth-order valence-corrected chi connectivity index (χ4v) is 4.66. The molecule has 6 nitrogen and oxygen atoms in total. The number of hydrogen-bond donors (Lipinski definition) is 4. The summed E-state index contributed by atoms with van der Waals surface area (Å²) in [7, 11) is -3.60. The average Bonchev–Trinajstić information content (AvgIpc) is 2.82. The lowest BCUT2D eigenvalue weighted by Crippen LogP contribution is -2.25. The highest BCUT2D eigenvalue weighted by atomic mass is 32.2. The summed E-state index contributed by atoms with van der Waals surface area (Å²) in [5.41, 5.74) is 3.14. The Morgan fingerprint density at radius 1 is 1.09 bits per heavy atom. The summed E-state index contributed by atoms with van der Waals surface area (Å²) >= 11 is 4.47. The molecule has 1 aromatic heterocycles. The van der Waals surface area contributed by atoms with E-state index in [9.17, 15) is 13.5 Å². The van der Waals surface area contributed by atoms with Crippen molar-refractivity contribution in [2.45, 2.75) is 29.6 Å². The first-order valence-corrected chi connectivity index (χ1v) is 12.7. The summed E-state index contributed by atoms with van der Waals surface area (Å²) < 4.78 is 27.8. The Kier molecular flexibility index (Phi) is 8.68. The van der Waals surface area contributed by atoms with Crippen LogP contribution in [0.3, 0.4) is 0 Å². The van der Waals surface area contributed by atoms with Crippen molar-refractivity contribution in [1.82, 2.24) is 9.71 Å². The average molecular weight is 484 g/mol. The van der Waals surface area contributed by atoms with E-state index in [1.807, 2.05) is 43.3 Å². The lowest BCUT2D eigenvalue weighted by atomic mass is 9.95. The van der Waals surface area contributed by atoms with Gasteiger partial charge in [0.1, 0.15) is 5.82 Å². The molecule has 0 aliphatic heterocycles. The van der Waals surface area contributed by atoms with Crippen LogP contribution in [0.15, 0.2) is 83.1 Å². The molecule has 1 atom stereocenters. The number of aromatic nitrogens is 1. The fraction of sp³-hybridized carbons (Fsp3) is 0.240. The zero-order chi connectivity index (χ0) is 23.8. The number of rotatable bonds is 11. The highest BCUT2D eigenvalue weighted by Crippen LogP contribution is 2.29. The predicted octanol–water partition coefficient (Wildman–Crippen LogP) is 4.67. The first kappa shape index (κ1) is 25.0. The van der Waals surface area contributed by atoms with Crippen LogP contribution in [0.1, 0.15) is 24.6 Å². The molecule has 0 aliphatic carbocycles. The number of sulfonamides is 1. The molecule has 0 spiro atoms. The van der Waals surface area contributed by atoms with E-state index >= 15 is 0 Å². The number of benzene rings is 2. The van der Waals surface area contributed by atoms with E-state index in [0.717, 1.165) is 17.6 Å². The maximum atomic E-state index is 12.6. The van der Waals surface area contributed by atoms with E-state index < -0.39 is 10.0 Å². The van der Waals surface area contributed by atoms with E-state index in [1.165, 1.54) is 0 Å². The second kappa shape index (κ2) is 11.5.